The molecule has 1 atom stereocenters. The Kier molecular flexibility index (Phi) is 14.3. The molecule has 0 aromatic carbocycles. The second-order valence-corrected chi connectivity index (χ2v) is 8.96. The second kappa shape index (κ2) is 11.1. The van der Waals surface area contributed by atoms with Crippen LogP contribution in [0.25, 0.3) is 0 Å². The van der Waals surface area contributed by atoms with E-state index in [1.165, 1.54) is 30.5 Å². The number of unbranched alkanes of at least 4 members (excludes halogenated alkanes) is 1. The first-order chi connectivity index (χ1) is 6.35. The number of rotatable bonds is 5. The minimum absolute atomic E-state index is 1.01. The van der Waals surface area contributed by atoms with Crippen molar-refractivity contribution in [2.24, 2.45) is 5.92 Å². The summed E-state index contributed by atoms with van der Waals surface area (Å²) in [6, 6.07) is 0. The maximum Gasteiger partial charge on any atom is 0.239 e. The molecule has 0 aromatic rings. The molecule has 0 aliphatic rings. The van der Waals surface area contributed by atoms with Crippen LogP contribution in [-0.2, 0) is 31.6 Å². The van der Waals surface area contributed by atoms with Crippen LogP contribution in [-0.4, -0.2) is 9.79 Å². The third-order valence-electron chi connectivity index (χ3n) is 1.78. The average molecular weight is 339 g/mol. The average Bonchev–Trinajstić information content (AvgIpc) is 2.04. The quantitative estimate of drug-likeness (QED) is 0.409. The van der Waals surface area contributed by atoms with E-state index in [4.69, 9.17) is 9.79 Å². The first-order valence-corrected chi connectivity index (χ1v) is 9.99. The summed E-state index contributed by atoms with van der Waals surface area (Å²) in [5.74, 6) is 1.01. The van der Waals surface area contributed by atoms with Crippen LogP contribution in [0.2, 0.25) is 4.81 Å². The minimum Gasteiger partial charge on any atom is -0.338 e. The fourth-order valence-electron chi connectivity index (χ4n) is 0.898. The van der Waals surface area contributed by atoms with Crippen LogP contribution in [0.15, 0.2) is 0 Å². The van der Waals surface area contributed by atoms with E-state index < -0.39 is 5.69 Å². The summed E-state index contributed by atoms with van der Waals surface area (Å²) < 4.78 is 0. The van der Waals surface area contributed by atoms with Gasteiger partial charge in [-0.25, -0.2) is 0 Å². The van der Waals surface area contributed by atoms with Crippen molar-refractivity contribution >= 4 is 29.7 Å². The third-order valence-corrected chi connectivity index (χ3v) is 2.94. The van der Waals surface area contributed by atoms with E-state index >= 15 is 0 Å². The third kappa shape index (κ3) is 23.4. The van der Waals surface area contributed by atoms with Crippen molar-refractivity contribution < 1.29 is 29.6 Å². The topological polar surface area (TPSA) is 40.5 Å². The molecule has 2 nitrogen and oxygen atoms in total. The van der Waals surface area contributed by atoms with E-state index in [1.54, 1.807) is 0 Å². The first-order valence-electron chi connectivity index (χ1n) is 4.71. The molecule has 2 N–H and O–H groups in total. The Hall–Kier alpha value is 1.61. The monoisotopic (exact) mass is 341 g/mol. The zero-order valence-corrected chi connectivity index (χ0v) is 13.3. The van der Waals surface area contributed by atoms with Crippen molar-refractivity contribution in [3.05, 3.63) is 0 Å². The fraction of sp³-hybridized carbons (Fsp3) is 1.00. The molecule has 1 unspecified atom stereocenters. The van der Waals surface area contributed by atoms with Crippen molar-refractivity contribution in [3.8, 4) is 0 Å². The molecule has 0 saturated heterocycles. The van der Waals surface area contributed by atoms with Gasteiger partial charge in [0.05, 0.1) is 0 Å². The fourth-order valence-corrected chi connectivity index (χ4v) is 1.89. The normalized spacial score (nSPS) is 12.9. The van der Waals surface area contributed by atoms with Crippen LogP contribution < -0.4 is 0 Å². The molecule has 0 saturated carbocycles. The second-order valence-electron chi connectivity index (χ2n) is 3.10. The summed E-state index contributed by atoms with van der Waals surface area (Å²) in [6.07, 6.45) is 5.61. The van der Waals surface area contributed by atoms with Gasteiger partial charge in [0.25, 0.3) is 0 Å². The predicted octanol–water partition coefficient (Wildman–Crippen LogP) is 3.29. The van der Waals surface area contributed by atoms with Gasteiger partial charge < -0.3 is 9.79 Å². The van der Waals surface area contributed by atoms with Gasteiger partial charge in [0.1, 0.15) is 0 Å². The standard InChI is InChI=1S/C8H17.Mo.H3O2PS2/c1-4-6-7-8(3)5-2;;1-3(2,4)5/h8H,3-7H2,1-2H3;;(H3,1,2,4,5). The molecule has 0 rings (SSSR count). The van der Waals surface area contributed by atoms with Gasteiger partial charge in [-0.3, -0.25) is 0 Å². The molecule has 0 aliphatic heterocycles. The van der Waals surface area contributed by atoms with Gasteiger partial charge in [0.15, 0.2) is 0 Å². The zero-order chi connectivity index (χ0) is 11.6. The number of hydrogen-bond donors (Lipinski definition) is 3. The van der Waals surface area contributed by atoms with E-state index in [-0.39, 0.29) is 0 Å². The van der Waals surface area contributed by atoms with Gasteiger partial charge in [-0.1, -0.05) is 12.2 Å². The molecular weight excluding hydrogens is 319 g/mol. The van der Waals surface area contributed by atoms with Gasteiger partial charge in [-0.2, -0.15) is 0 Å². The zero-order valence-electron chi connectivity index (χ0n) is 8.72. The minimum atomic E-state index is -3.11. The first kappa shape index (κ1) is 18.0. The van der Waals surface area contributed by atoms with Crippen molar-refractivity contribution in [1.29, 1.82) is 0 Å². The molecule has 87 valence electrons. The largest absolute Gasteiger partial charge is 0.338 e. The van der Waals surface area contributed by atoms with Crippen molar-refractivity contribution in [1.82, 2.24) is 0 Å². The molecule has 0 fully saturated rings. The molecule has 0 radical (unpaired) electrons. The molecule has 0 bridgehead atoms. The summed E-state index contributed by atoms with van der Waals surface area (Å²) in [4.78, 5) is 17.1. The smallest absolute Gasteiger partial charge is 0.239 e. The Balaban J connectivity index is 0. The summed E-state index contributed by atoms with van der Waals surface area (Å²) in [5, 5.41) is 0. The van der Waals surface area contributed by atoms with E-state index in [9.17, 15) is 0 Å². The Morgan fingerprint density at radius 3 is 2.07 bits per heavy atom. The molecular formula is C8H20MoO2PS2. The van der Waals surface area contributed by atoms with Gasteiger partial charge in [-0.15, -0.1) is 0 Å². The van der Waals surface area contributed by atoms with E-state index in [0.29, 0.717) is 0 Å². The van der Waals surface area contributed by atoms with Crippen molar-refractivity contribution in [2.45, 2.75) is 44.3 Å². The molecule has 0 aliphatic carbocycles. The molecule has 0 heterocycles. The Morgan fingerprint density at radius 1 is 1.43 bits per heavy atom. The van der Waals surface area contributed by atoms with Gasteiger partial charge in [0.2, 0.25) is 5.69 Å². The van der Waals surface area contributed by atoms with Crippen LogP contribution in [0.4, 0.5) is 0 Å². The SMILES string of the molecule is CCCCC(CC)[CH2][Mo].OP(O)(=S)S. The van der Waals surface area contributed by atoms with E-state index in [0.717, 1.165) is 5.92 Å². The number of thiol groups is 1. The van der Waals surface area contributed by atoms with E-state index in [2.05, 4.69) is 57.7 Å². The molecule has 14 heavy (non-hydrogen) atoms. The summed E-state index contributed by atoms with van der Waals surface area (Å²) in [6.45, 7) is 4.56. The van der Waals surface area contributed by atoms with Gasteiger partial charge in [0, 0.05) is 0 Å². The Morgan fingerprint density at radius 2 is 1.86 bits per heavy atom. The maximum absolute atomic E-state index is 7.87. The van der Waals surface area contributed by atoms with E-state index in [1.807, 2.05) is 0 Å². The summed E-state index contributed by atoms with van der Waals surface area (Å²) >= 11 is 9.30. The summed E-state index contributed by atoms with van der Waals surface area (Å²) in [5.41, 5.74) is -3.11. The molecule has 6 heteroatoms. The summed E-state index contributed by atoms with van der Waals surface area (Å²) in [7, 11) is 0. The van der Waals surface area contributed by atoms with Crippen molar-refractivity contribution in [3.63, 3.8) is 0 Å². The predicted molar refractivity (Wildman–Crippen MR) is 65.8 cm³/mol. The molecule has 0 spiro atoms. The number of hydrogen-bond acceptors (Lipinski definition) is 1. The molecule has 0 amide bonds. The van der Waals surface area contributed by atoms with Crippen LogP contribution in [0.5, 0.6) is 0 Å². The molecule has 0 aromatic heterocycles. The van der Waals surface area contributed by atoms with Crippen LogP contribution >= 0.6 is 17.9 Å². The van der Waals surface area contributed by atoms with Crippen LogP contribution in [0, 0.1) is 5.92 Å². The van der Waals surface area contributed by atoms with Crippen molar-refractivity contribution in [2.75, 3.05) is 0 Å². The maximum atomic E-state index is 7.87. The Bertz CT molecular complexity index is 151. The van der Waals surface area contributed by atoms with Crippen LogP contribution in [0.1, 0.15) is 39.5 Å². The van der Waals surface area contributed by atoms with Crippen LogP contribution in [0.3, 0.4) is 0 Å². The Labute approximate surface area is 109 Å². The van der Waals surface area contributed by atoms with Gasteiger partial charge >= 0.3 is 70.1 Å². The van der Waals surface area contributed by atoms with Gasteiger partial charge in [-0.05, 0) is 11.8 Å².